The molecule has 0 aliphatic rings. The first kappa shape index (κ1) is 17.6. The van der Waals surface area contributed by atoms with Crippen LogP contribution in [-0.2, 0) is 13.1 Å². The maximum absolute atomic E-state index is 12.4. The lowest BCUT2D eigenvalue weighted by atomic mass is 10.2. The lowest BCUT2D eigenvalue weighted by Gasteiger charge is -2.14. The number of hydrogen-bond acceptors (Lipinski definition) is 4. The number of nitrogens with one attached hydrogen (secondary N) is 1. The molecular weight excluding hydrogens is 370 g/mol. The van der Waals surface area contributed by atoms with E-state index >= 15 is 0 Å². The Morgan fingerprint density at radius 1 is 1.26 bits per heavy atom. The third-order valence-electron chi connectivity index (χ3n) is 3.08. The van der Waals surface area contributed by atoms with Crippen LogP contribution in [0, 0.1) is 6.92 Å². The molecule has 0 aliphatic heterocycles. The number of rotatable bonds is 7. The van der Waals surface area contributed by atoms with Crippen LogP contribution in [0.25, 0.3) is 0 Å². The molecule has 0 atom stereocenters. The molecule has 1 aromatic carbocycles. The topological polar surface area (TPSA) is 43.4 Å². The first-order chi connectivity index (χ1) is 11.0. The monoisotopic (exact) mass is 386 g/mol. The van der Waals surface area contributed by atoms with E-state index in [0.717, 1.165) is 17.0 Å². The molecule has 0 radical (unpaired) electrons. The van der Waals surface area contributed by atoms with Crippen molar-refractivity contribution in [3.63, 3.8) is 0 Å². The maximum atomic E-state index is 12.4. The molecule has 2 aromatic rings. The highest BCUT2D eigenvalue weighted by Gasteiger charge is 2.15. The molecule has 0 amide bonds. The van der Waals surface area contributed by atoms with Crippen molar-refractivity contribution < 1.29 is 18.3 Å². The second-order valence-corrected chi connectivity index (χ2v) is 5.72. The van der Waals surface area contributed by atoms with Gasteiger partial charge in [-0.1, -0.05) is 6.07 Å². The van der Waals surface area contributed by atoms with Gasteiger partial charge in [-0.3, -0.25) is 4.98 Å². The molecule has 7 heteroatoms. The van der Waals surface area contributed by atoms with Gasteiger partial charge >= 0.3 is 6.61 Å². The molecule has 0 spiro atoms. The van der Waals surface area contributed by atoms with Gasteiger partial charge in [-0.2, -0.15) is 8.78 Å². The van der Waals surface area contributed by atoms with Gasteiger partial charge in [0.05, 0.1) is 17.3 Å². The van der Waals surface area contributed by atoms with Crippen LogP contribution in [0.5, 0.6) is 11.5 Å². The summed E-state index contributed by atoms with van der Waals surface area (Å²) in [4.78, 5) is 4.40. The van der Waals surface area contributed by atoms with Crippen molar-refractivity contribution in [1.29, 1.82) is 0 Å². The number of alkyl halides is 2. The van der Waals surface area contributed by atoms with Gasteiger partial charge in [0, 0.05) is 18.8 Å². The SMILES string of the molecule is COc1cc(CNCc2cccc(C)n2)cc(Br)c1OC(F)F. The molecule has 0 saturated heterocycles. The third-order valence-corrected chi connectivity index (χ3v) is 3.67. The first-order valence-electron chi connectivity index (χ1n) is 6.94. The Bertz CT molecular complexity index is 669. The van der Waals surface area contributed by atoms with E-state index in [9.17, 15) is 8.78 Å². The fraction of sp³-hybridized carbons (Fsp3) is 0.312. The zero-order valence-electron chi connectivity index (χ0n) is 12.8. The molecule has 1 N–H and O–H groups in total. The van der Waals surface area contributed by atoms with Gasteiger partial charge in [-0.05, 0) is 52.7 Å². The van der Waals surface area contributed by atoms with E-state index in [0.29, 0.717) is 17.6 Å². The van der Waals surface area contributed by atoms with E-state index in [1.54, 1.807) is 12.1 Å². The van der Waals surface area contributed by atoms with Gasteiger partial charge in [0.15, 0.2) is 11.5 Å². The van der Waals surface area contributed by atoms with E-state index in [1.807, 2.05) is 25.1 Å². The van der Waals surface area contributed by atoms with Crippen molar-refractivity contribution >= 4 is 15.9 Å². The van der Waals surface area contributed by atoms with Crippen molar-refractivity contribution in [3.8, 4) is 11.5 Å². The zero-order valence-corrected chi connectivity index (χ0v) is 14.4. The third kappa shape index (κ3) is 5.14. The Morgan fingerprint density at radius 3 is 2.70 bits per heavy atom. The highest BCUT2D eigenvalue weighted by atomic mass is 79.9. The lowest BCUT2D eigenvalue weighted by Crippen LogP contribution is -2.14. The van der Waals surface area contributed by atoms with E-state index < -0.39 is 6.61 Å². The second kappa shape index (κ2) is 8.21. The number of hydrogen-bond donors (Lipinski definition) is 1. The van der Waals surface area contributed by atoms with E-state index in [-0.39, 0.29) is 11.5 Å². The molecule has 1 heterocycles. The van der Waals surface area contributed by atoms with Gasteiger partial charge in [-0.15, -0.1) is 0 Å². The molecule has 0 unspecified atom stereocenters. The molecule has 23 heavy (non-hydrogen) atoms. The number of halogens is 3. The van der Waals surface area contributed by atoms with Crippen molar-refractivity contribution in [2.75, 3.05) is 7.11 Å². The Balaban J connectivity index is 2.04. The summed E-state index contributed by atoms with van der Waals surface area (Å²) in [5.74, 6) is 0.247. The highest BCUT2D eigenvalue weighted by Crippen LogP contribution is 2.37. The van der Waals surface area contributed by atoms with Crippen LogP contribution in [-0.4, -0.2) is 18.7 Å². The van der Waals surface area contributed by atoms with E-state index in [4.69, 9.17) is 4.74 Å². The van der Waals surface area contributed by atoms with Crippen LogP contribution in [0.2, 0.25) is 0 Å². The van der Waals surface area contributed by atoms with Crippen molar-refractivity contribution in [2.45, 2.75) is 26.6 Å². The van der Waals surface area contributed by atoms with Crippen LogP contribution >= 0.6 is 15.9 Å². The van der Waals surface area contributed by atoms with Crippen LogP contribution in [0.3, 0.4) is 0 Å². The highest BCUT2D eigenvalue weighted by molar-refractivity contribution is 9.10. The van der Waals surface area contributed by atoms with Crippen LogP contribution in [0.1, 0.15) is 17.0 Å². The number of benzene rings is 1. The molecule has 0 aliphatic carbocycles. The lowest BCUT2D eigenvalue weighted by molar-refractivity contribution is -0.0517. The Hall–Kier alpha value is -1.73. The molecule has 0 saturated carbocycles. The van der Waals surface area contributed by atoms with Gasteiger partial charge in [0.25, 0.3) is 0 Å². The number of ether oxygens (including phenoxy) is 2. The quantitative estimate of drug-likeness (QED) is 0.779. The molecule has 0 bridgehead atoms. The Kier molecular flexibility index (Phi) is 6.29. The number of aromatic nitrogens is 1. The number of methoxy groups -OCH3 is 1. The molecule has 2 rings (SSSR count). The molecular formula is C16H17BrF2N2O2. The summed E-state index contributed by atoms with van der Waals surface area (Å²) < 4.78 is 34.9. The number of aryl methyl sites for hydroxylation is 1. The minimum absolute atomic E-state index is 0.00778. The molecule has 4 nitrogen and oxygen atoms in total. The fourth-order valence-electron chi connectivity index (χ4n) is 2.11. The minimum Gasteiger partial charge on any atom is -0.493 e. The van der Waals surface area contributed by atoms with Gasteiger partial charge in [-0.25, -0.2) is 0 Å². The zero-order chi connectivity index (χ0) is 16.8. The predicted octanol–water partition coefficient (Wildman–Crippen LogP) is 4.05. The summed E-state index contributed by atoms with van der Waals surface area (Å²) in [6.45, 7) is 0.181. The Morgan fingerprint density at radius 2 is 2.04 bits per heavy atom. The van der Waals surface area contributed by atoms with Crippen LogP contribution in [0.15, 0.2) is 34.8 Å². The average Bonchev–Trinajstić information content (AvgIpc) is 2.49. The van der Waals surface area contributed by atoms with Crippen LogP contribution < -0.4 is 14.8 Å². The standard InChI is InChI=1S/C16H17BrF2N2O2/c1-10-4-3-5-12(21-10)9-20-8-11-6-13(17)15(23-16(18)19)14(7-11)22-2/h3-7,16,20H,8-9H2,1-2H3. The number of nitrogens with zero attached hydrogens (tertiary/aromatic N) is 1. The fourth-order valence-corrected chi connectivity index (χ4v) is 2.69. The summed E-state index contributed by atoms with van der Waals surface area (Å²) in [5, 5.41) is 3.26. The number of pyridine rings is 1. The smallest absolute Gasteiger partial charge is 0.387 e. The normalized spacial score (nSPS) is 10.9. The van der Waals surface area contributed by atoms with Crippen molar-refractivity contribution in [1.82, 2.24) is 10.3 Å². The molecule has 1 aromatic heterocycles. The van der Waals surface area contributed by atoms with Gasteiger partial charge in [0.2, 0.25) is 0 Å². The van der Waals surface area contributed by atoms with E-state index in [1.165, 1.54) is 7.11 Å². The predicted molar refractivity (Wildman–Crippen MR) is 86.8 cm³/mol. The van der Waals surface area contributed by atoms with Crippen molar-refractivity contribution in [3.05, 3.63) is 51.8 Å². The van der Waals surface area contributed by atoms with Crippen molar-refractivity contribution in [2.24, 2.45) is 0 Å². The summed E-state index contributed by atoms with van der Waals surface area (Å²) in [7, 11) is 1.41. The molecule has 0 fully saturated rings. The summed E-state index contributed by atoms with van der Waals surface area (Å²) in [6, 6.07) is 9.22. The maximum Gasteiger partial charge on any atom is 0.387 e. The van der Waals surface area contributed by atoms with Gasteiger partial charge in [0.1, 0.15) is 0 Å². The Labute approximate surface area is 142 Å². The van der Waals surface area contributed by atoms with Crippen LogP contribution in [0.4, 0.5) is 8.78 Å². The average molecular weight is 387 g/mol. The summed E-state index contributed by atoms with van der Waals surface area (Å²) in [5.41, 5.74) is 2.78. The largest absolute Gasteiger partial charge is 0.493 e. The van der Waals surface area contributed by atoms with E-state index in [2.05, 4.69) is 31.0 Å². The first-order valence-corrected chi connectivity index (χ1v) is 7.73. The molecule has 124 valence electrons. The summed E-state index contributed by atoms with van der Waals surface area (Å²) >= 11 is 3.24. The minimum atomic E-state index is -2.91. The summed E-state index contributed by atoms with van der Waals surface area (Å²) in [6.07, 6.45) is 0. The van der Waals surface area contributed by atoms with Gasteiger partial charge < -0.3 is 14.8 Å². The second-order valence-electron chi connectivity index (χ2n) is 4.86.